The molecule has 2 amide bonds. The molecule has 0 aromatic carbocycles. The maximum absolute atomic E-state index is 11.7. The van der Waals surface area contributed by atoms with Gasteiger partial charge in [0, 0.05) is 12.1 Å². The SMILES string of the molecule is C#CC(CC(=O)O)NC(=O)CNC(=O)CCCc1cccc(N)n1. The second-order valence-corrected chi connectivity index (χ2v) is 5.07. The van der Waals surface area contributed by atoms with Crippen LogP contribution in [0.4, 0.5) is 5.82 Å². The van der Waals surface area contributed by atoms with Crippen molar-refractivity contribution >= 4 is 23.6 Å². The van der Waals surface area contributed by atoms with E-state index in [0.29, 0.717) is 18.7 Å². The molecule has 1 atom stereocenters. The molecule has 0 aliphatic rings. The predicted octanol–water partition coefficient (Wildman–Crippen LogP) is -0.305. The molecule has 0 spiro atoms. The van der Waals surface area contributed by atoms with Gasteiger partial charge in [-0.3, -0.25) is 14.4 Å². The van der Waals surface area contributed by atoms with E-state index in [0.717, 1.165) is 5.69 Å². The number of nitrogens with zero attached hydrogens (tertiary/aromatic N) is 1. The van der Waals surface area contributed by atoms with Crippen LogP contribution in [0, 0.1) is 12.3 Å². The molecular weight excluding hydrogens is 312 g/mol. The molecule has 1 aromatic rings. The molecule has 24 heavy (non-hydrogen) atoms. The number of aromatic nitrogens is 1. The first kappa shape index (κ1) is 19.0. The third kappa shape index (κ3) is 7.79. The number of terminal acetylenes is 1. The number of rotatable bonds is 9. The number of aryl methyl sites for hydroxylation is 1. The Balaban J connectivity index is 2.24. The fourth-order valence-corrected chi connectivity index (χ4v) is 1.91. The largest absolute Gasteiger partial charge is 0.481 e. The van der Waals surface area contributed by atoms with Gasteiger partial charge in [-0.15, -0.1) is 6.42 Å². The van der Waals surface area contributed by atoms with Crippen LogP contribution in [-0.4, -0.2) is 40.5 Å². The van der Waals surface area contributed by atoms with Crippen LogP contribution in [0.1, 0.15) is 25.0 Å². The molecule has 0 saturated heterocycles. The number of anilines is 1. The van der Waals surface area contributed by atoms with Crippen molar-refractivity contribution in [1.29, 1.82) is 0 Å². The normalized spacial score (nSPS) is 11.1. The van der Waals surface area contributed by atoms with Crippen LogP contribution in [0.15, 0.2) is 18.2 Å². The van der Waals surface area contributed by atoms with E-state index >= 15 is 0 Å². The molecule has 5 N–H and O–H groups in total. The van der Waals surface area contributed by atoms with Gasteiger partial charge in [-0.2, -0.15) is 0 Å². The van der Waals surface area contributed by atoms with Crippen molar-refractivity contribution in [1.82, 2.24) is 15.6 Å². The number of aliphatic carboxylic acids is 1. The van der Waals surface area contributed by atoms with E-state index in [-0.39, 0.29) is 25.3 Å². The average Bonchev–Trinajstić information content (AvgIpc) is 2.52. The van der Waals surface area contributed by atoms with Crippen molar-refractivity contribution in [3.8, 4) is 12.3 Å². The number of carboxylic acids is 1. The highest BCUT2D eigenvalue weighted by atomic mass is 16.4. The lowest BCUT2D eigenvalue weighted by Gasteiger charge is -2.11. The van der Waals surface area contributed by atoms with Crippen molar-refractivity contribution in [3.05, 3.63) is 23.9 Å². The van der Waals surface area contributed by atoms with Gasteiger partial charge in [0.05, 0.1) is 13.0 Å². The first-order valence-electron chi connectivity index (χ1n) is 7.36. The Bertz CT molecular complexity index is 639. The lowest BCUT2D eigenvalue weighted by Crippen LogP contribution is -2.42. The molecular formula is C16H20N4O4. The van der Waals surface area contributed by atoms with E-state index in [4.69, 9.17) is 17.3 Å². The fraction of sp³-hybridized carbons (Fsp3) is 0.375. The van der Waals surface area contributed by atoms with Gasteiger partial charge in [0.15, 0.2) is 0 Å². The van der Waals surface area contributed by atoms with Crippen molar-refractivity contribution < 1.29 is 19.5 Å². The Hall–Kier alpha value is -3.08. The van der Waals surface area contributed by atoms with E-state index in [1.165, 1.54) is 0 Å². The number of hydrogen-bond donors (Lipinski definition) is 4. The zero-order valence-electron chi connectivity index (χ0n) is 13.1. The molecule has 8 nitrogen and oxygen atoms in total. The molecule has 0 fully saturated rings. The summed E-state index contributed by atoms with van der Waals surface area (Å²) < 4.78 is 0. The molecule has 0 aliphatic carbocycles. The molecule has 0 bridgehead atoms. The van der Waals surface area contributed by atoms with Crippen LogP contribution in [0.25, 0.3) is 0 Å². The summed E-state index contributed by atoms with van der Waals surface area (Å²) >= 11 is 0. The van der Waals surface area contributed by atoms with Crippen molar-refractivity contribution in [2.45, 2.75) is 31.7 Å². The average molecular weight is 332 g/mol. The van der Waals surface area contributed by atoms with Crippen molar-refractivity contribution in [3.63, 3.8) is 0 Å². The topological polar surface area (TPSA) is 134 Å². The molecule has 0 saturated carbocycles. The summed E-state index contributed by atoms with van der Waals surface area (Å²) in [5, 5.41) is 13.4. The van der Waals surface area contributed by atoms with Crippen LogP contribution in [0.2, 0.25) is 0 Å². The second kappa shape index (κ2) is 9.84. The Morgan fingerprint density at radius 2 is 2.08 bits per heavy atom. The standard InChI is InChI=1S/C16H20N4O4/c1-2-11(9-16(23)24)20-15(22)10-18-14(21)8-4-6-12-5-3-7-13(17)19-12/h1,3,5,7,11H,4,6,8-10H2,(H2,17,19)(H,18,21)(H,20,22)(H,23,24). The number of nitrogens with one attached hydrogen (secondary N) is 2. The van der Waals surface area contributed by atoms with E-state index in [9.17, 15) is 14.4 Å². The molecule has 1 heterocycles. The van der Waals surface area contributed by atoms with Crippen LogP contribution >= 0.6 is 0 Å². The van der Waals surface area contributed by atoms with Gasteiger partial charge in [0.2, 0.25) is 11.8 Å². The van der Waals surface area contributed by atoms with E-state index in [1.807, 2.05) is 6.07 Å². The zero-order valence-corrected chi connectivity index (χ0v) is 13.1. The third-order valence-corrected chi connectivity index (χ3v) is 3.03. The van der Waals surface area contributed by atoms with E-state index in [1.54, 1.807) is 12.1 Å². The molecule has 8 heteroatoms. The molecule has 1 rings (SSSR count). The molecule has 0 aliphatic heterocycles. The molecule has 1 aromatic heterocycles. The Morgan fingerprint density at radius 1 is 1.33 bits per heavy atom. The van der Waals surface area contributed by atoms with Gasteiger partial charge in [-0.1, -0.05) is 12.0 Å². The second-order valence-electron chi connectivity index (χ2n) is 5.07. The van der Waals surface area contributed by atoms with Gasteiger partial charge in [-0.25, -0.2) is 4.98 Å². The lowest BCUT2D eigenvalue weighted by atomic mass is 10.1. The predicted molar refractivity (Wildman–Crippen MR) is 87.6 cm³/mol. The zero-order chi connectivity index (χ0) is 17.9. The van der Waals surface area contributed by atoms with Gasteiger partial charge < -0.3 is 21.5 Å². The molecule has 128 valence electrons. The van der Waals surface area contributed by atoms with Gasteiger partial charge in [0.25, 0.3) is 0 Å². The van der Waals surface area contributed by atoms with Crippen LogP contribution in [0.5, 0.6) is 0 Å². The summed E-state index contributed by atoms with van der Waals surface area (Å²) in [6.45, 7) is -0.257. The smallest absolute Gasteiger partial charge is 0.306 e. The minimum absolute atomic E-state index is 0.234. The molecule has 1 unspecified atom stereocenters. The first-order chi connectivity index (χ1) is 11.4. The fourth-order valence-electron chi connectivity index (χ4n) is 1.91. The lowest BCUT2D eigenvalue weighted by molar-refractivity contribution is -0.137. The van der Waals surface area contributed by atoms with E-state index < -0.39 is 17.9 Å². The highest BCUT2D eigenvalue weighted by Crippen LogP contribution is 2.04. The number of carbonyl (C=O) groups excluding carboxylic acids is 2. The monoisotopic (exact) mass is 332 g/mol. The number of hydrogen-bond acceptors (Lipinski definition) is 5. The minimum Gasteiger partial charge on any atom is -0.481 e. The first-order valence-corrected chi connectivity index (χ1v) is 7.36. The quantitative estimate of drug-likeness (QED) is 0.458. The van der Waals surface area contributed by atoms with Crippen molar-refractivity contribution in [2.24, 2.45) is 0 Å². The Kier molecular flexibility index (Phi) is 7.78. The van der Waals surface area contributed by atoms with Crippen LogP contribution < -0.4 is 16.4 Å². The minimum atomic E-state index is -1.11. The van der Waals surface area contributed by atoms with Crippen LogP contribution in [-0.2, 0) is 20.8 Å². The summed E-state index contributed by atoms with van der Waals surface area (Å²) in [5.41, 5.74) is 6.36. The van der Waals surface area contributed by atoms with E-state index in [2.05, 4.69) is 21.5 Å². The van der Waals surface area contributed by atoms with Gasteiger partial charge >= 0.3 is 5.97 Å². The third-order valence-electron chi connectivity index (χ3n) is 3.03. The molecule has 0 radical (unpaired) electrons. The summed E-state index contributed by atoms with van der Waals surface area (Å²) in [5.74, 6) is 0.657. The summed E-state index contributed by atoms with van der Waals surface area (Å²) in [6.07, 6.45) is 6.15. The summed E-state index contributed by atoms with van der Waals surface area (Å²) in [4.78, 5) is 37.9. The number of pyridine rings is 1. The van der Waals surface area contributed by atoms with Gasteiger partial charge in [-0.05, 0) is 25.0 Å². The summed E-state index contributed by atoms with van der Waals surface area (Å²) in [6, 6.07) is 4.40. The van der Waals surface area contributed by atoms with Crippen molar-refractivity contribution in [2.75, 3.05) is 12.3 Å². The number of nitrogens with two attached hydrogens (primary N) is 1. The Morgan fingerprint density at radius 3 is 2.71 bits per heavy atom. The summed E-state index contributed by atoms with van der Waals surface area (Å²) in [7, 11) is 0. The number of carboxylic acid groups (broad SMARTS) is 1. The highest BCUT2D eigenvalue weighted by molar-refractivity contribution is 5.85. The number of carbonyl (C=O) groups is 3. The van der Waals surface area contributed by atoms with Crippen LogP contribution in [0.3, 0.4) is 0 Å². The number of amides is 2. The Labute approximate surface area is 139 Å². The highest BCUT2D eigenvalue weighted by Gasteiger charge is 2.13. The number of nitrogen functional groups attached to an aromatic ring is 1. The maximum Gasteiger partial charge on any atom is 0.306 e. The maximum atomic E-state index is 11.7. The van der Waals surface area contributed by atoms with Gasteiger partial charge in [0.1, 0.15) is 11.9 Å².